The first kappa shape index (κ1) is 19.3. The van der Waals surface area contributed by atoms with Crippen LogP contribution in [0.2, 0.25) is 0 Å². The number of nitrogens with zero attached hydrogens (tertiary/aromatic N) is 3. The van der Waals surface area contributed by atoms with Crippen LogP contribution in [0, 0.1) is 0 Å². The molecule has 3 rings (SSSR count). The van der Waals surface area contributed by atoms with Crippen molar-refractivity contribution in [2.45, 2.75) is 32.7 Å². The molecule has 0 aliphatic carbocycles. The highest BCUT2D eigenvalue weighted by molar-refractivity contribution is 5.95. The van der Waals surface area contributed by atoms with Crippen LogP contribution in [0.4, 0.5) is 0 Å². The molecule has 1 atom stereocenters. The van der Waals surface area contributed by atoms with E-state index in [4.69, 9.17) is 9.15 Å². The number of benzene rings is 1. The van der Waals surface area contributed by atoms with Gasteiger partial charge in [-0.15, -0.1) is 10.2 Å². The van der Waals surface area contributed by atoms with Crippen molar-refractivity contribution >= 4 is 5.91 Å². The van der Waals surface area contributed by atoms with E-state index in [1.165, 1.54) is 24.9 Å². The lowest BCUT2D eigenvalue weighted by Crippen LogP contribution is -2.27. The van der Waals surface area contributed by atoms with Gasteiger partial charge in [0.05, 0.1) is 7.11 Å². The molecule has 0 saturated carbocycles. The number of aromatic hydroxyl groups is 1. The number of rotatable bonds is 6. The predicted octanol–water partition coefficient (Wildman–Crippen LogP) is 3.46. The predicted molar refractivity (Wildman–Crippen MR) is 102 cm³/mol. The molecule has 0 aliphatic heterocycles. The molecule has 2 N–H and O–H groups in total. The molecular weight excluding hydrogens is 360 g/mol. The maximum absolute atomic E-state index is 12.4. The van der Waals surface area contributed by atoms with E-state index in [0.29, 0.717) is 11.8 Å². The Morgan fingerprint density at radius 3 is 2.50 bits per heavy atom. The van der Waals surface area contributed by atoms with Crippen LogP contribution in [0.3, 0.4) is 0 Å². The van der Waals surface area contributed by atoms with E-state index in [2.05, 4.69) is 34.3 Å². The summed E-state index contributed by atoms with van der Waals surface area (Å²) < 4.78 is 10.7. The zero-order valence-corrected chi connectivity index (χ0v) is 16.1. The van der Waals surface area contributed by atoms with Crippen molar-refractivity contribution in [2.24, 2.45) is 0 Å². The first-order chi connectivity index (χ1) is 13.4. The molecule has 1 amide bonds. The summed E-state index contributed by atoms with van der Waals surface area (Å²) in [7, 11) is 1.40. The van der Waals surface area contributed by atoms with Crippen LogP contribution in [-0.2, 0) is 0 Å². The lowest BCUT2D eigenvalue weighted by Gasteiger charge is -2.11. The van der Waals surface area contributed by atoms with Gasteiger partial charge < -0.3 is 19.6 Å². The zero-order valence-electron chi connectivity index (χ0n) is 16.1. The Hall–Kier alpha value is -3.42. The van der Waals surface area contributed by atoms with Crippen LogP contribution in [0.15, 0.2) is 40.9 Å². The second-order valence-electron chi connectivity index (χ2n) is 6.63. The Morgan fingerprint density at radius 2 is 1.86 bits per heavy atom. The minimum Gasteiger partial charge on any atom is -0.503 e. The normalized spacial score (nSPS) is 12.0. The lowest BCUT2D eigenvalue weighted by molar-refractivity contribution is 0.0925. The van der Waals surface area contributed by atoms with Crippen molar-refractivity contribution in [1.82, 2.24) is 20.5 Å². The molecule has 1 aromatic carbocycles. The average molecular weight is 382 g/mol. The number of hydrogen-bond acceptors (Lipinski definition) is 7. The van der Waals surface area contributed by atoms with Crippen molar-refractivity contribution in [3.8, 4) is 23.0 Å². The highest BCUT2D eigenvalue weighted by Crippen LogP contribution is 2.28. The summed E-state index contributed by atoms with van der Waals surface area (Å²) in [6, 6.07) is 8.78. The highest BCUT2D eigenvalue weighted by Gasteiger charge is 2.22. The van der Waals surface area contributed by atoms with Crippen molar-refractivity contribution in [1.29, 1.82) is 0 Å². The van der Waals surface area contributed by atoms with Gasteiger partial charge in [0.25, 0.3) is 5.91 Å². The van der Waals surface area contributed by atoms with E-state index in [1.54, 1.807) is 6.92 Å². The van der Waals surface area contributed by atoms with Gasteiger partial charge in [0.2, 0.25) is 11.8 Å². The molecule has 0 bridgehead atoms. The van der Waals surface area contributed by atoms with Crippen LogP contribution >= 0.6 is 0 Å². The number of nitrogens with one attached hydrogen (secondary N) is 1. The number of pyridine rings is 1. The Morgan fingerprint density at radius 1 is 1.14 bits per heavy atom. The number of methoxy groups -OCH3 is 1. The molecule has 2 heterocycles. The van der Waals surface area contributed by atoms with E-state index in [9.17, 15) is 9.90 Å². The van der Waals surface area contributed by atoms with Crippen LogP contribution in [0.25, 0.3) is 11.5 Å². The first-order valence-electron chi connectivity index (χ1n) is 8.87. The molecule has 8 heteroatoms. The van der Waals surface area contributed by atoms with Gasteiger partial charge >= 0.3 is 0 Å². The molecule has 28 heavy (non-hydrogen) atoms. The van der Waals surface area contributed by atoms with Gasteiger partial charge in [0.15, 0.2) is 17.2 Å². The summed E-state index contributed by atoms with van der Waals surface area (Å²) >= 11 is 0. The number of carbonyl (C=O) groups excluding carboxylic acids is 1. The van der Waals surface area contributed by atoms with E-state index in [1.807, 2.05) is 24.3 Å². The molecule has 0 aliphatic rings. The SMILES string of the molecule is COc1ccnc(C(=O)N[C@@H](C)c2nnc(-c3ccc(C(C)C)cc3)o2)c1O. The second kappa shape index (κ2) is 8.08. The highest BCUT2D eigenvalue weighted by atomic mass is 16.5. The van der Waals surface area contributed by atoms with Gasteiger partial charge in [-0.3, -0.25) is 4.79 Å². The lowest BCUT2D eigenvalue weighted by atomic mass is 10.0. The van der Waals surface area contributed by atoms with Gasteiger partial charge in [-0.2, -0.15) is 0 Å². The van der Waals surface area contributed by atoms with Gasteiger partial charge in [-0.25, -0.2) is 4.98 Å². The topological polar surface area (TPSA) is 110 Å². The van der Waals surface area contributed by atoms with E-state index in [0.717, 1.165) is 5.56 Å². The molecule has 146 valence electrons. The molecule has 3 aromatic rings. The van der Waals surface area contributed by atoms with Crippen LogP contribution < -0.4 is 10.1 Å². The Labute approximate surface area is 162 Å². The average Bonchev–Trinajstić information content (AvgIpc) is 3.18. The van der Waals surface area contributed by atoms with E-state index < -0.39 is 11.9 Å². The third-order valence-electron chi connectivity index (χ3n) is 4.31. The van der Waals surface area contributed by atoms with Gasteiger partial charge in [0.1, 0.15) is 6.04 Å². The van der Waals surface area contributed by atoms with Crippen LogP contribution in [0.5, 0.6) is 11.5 Å². The third-order valence-corrected chi connectivity index (χ3v) is 4.31. The summed E-state index contributed by atoms with van der Waals surface area (Å²) in [6.07, 6.45) is 1.38. The monoisotopic (exact) mass is 382 g/mol. The molecule has 0 spiro atoms. The summed E-state index contributed by atoms with van der Waals surface area (Å²) in [6.45, 7) is 5.95. The van der Waals surface area contributed by atoms with Crippen LogP contribution in [0.1, 0.15) is 54.7 Å². The second-order valence-corrected chi connectivity index (χ2v) is 6.63. The van der Waals surface area contributed by atoms with Crippen molar-refractivity contribution in [3.05, 3.63) is 53.7 Å². The fraction of sp³-hybridized carbons (Fsp3) is 0.300. The van der Waals surface area contributed by atoms with Gasteiger partial charge in [-0.05, 0) is 30.5 Å². The number of ether oxygens (including phenoxy) is 1. The number of carbonyl (C=O) groups is 1. The maximum Gasteiger partial charge on any atom is 0.274 e. The molecule has 0 radical (unpaired) electrons. The van der Waals surface area contributed by atoms with Crippen molar-refractivity contribution < 1.29 is 19.1 Å². The number of amides is 1. The Bertz CT molecular complexity index is 967. The third kappa shape index (κ3) is 3.95. The largest absolute Gasteiger partial charge is 0.503 e. The van der Waals surface area contributed by atoms with Crippen molar-refractivity contribution in [3.63, 3.8) is 0 Å². The fourth-order valence-electron chi connectivity index (χ4n) is 2.63. The molecule has 0 unspecified atom stereocenters. The Balaban J connectivity index is 1.73. The smallest absolute Gasteiger partial charge is 0.274 e. The summed E-state index contributed by atoms with van der Waals surface area (Å²) in [5.41, 5.74) is 1.87. The maximum atomic E-state index is 12.4. The minimum absolute atomic E-state index is 0.143. The number of hydrogen-bond donors (Lipinski definition) is 2. The van der Waals surface area contributed by atoms with E-state index in [-0.39, 0.29) is 23.1 Å². The van der Waals surface area contributed by atoms with E-state index >= 15 is 0 Å². The van der Waals surface area contributed by atoms with Crippen molar-refractivity contribution in [2.75, 3.05) is 7.11 Å². The van der Waals surface area contributed by atoms with Gasteiger partial charge in [-0.1, -0.05) is 26.0 Å². The fourth-order valence-corrected chi connectivity index (χ4v) is 2.63. The Kier molecular flexibility index (Phi) is 5.58. The standard InChI is InChI=1S/C20H22N4O4/c1-11(2)13-5-7-14(8-6-13)20-24-23-19(28-20)12(3)22-18(26)16-17(25)15(27-4)9-10-21-16/h5-12,25H,1-4H3,(H,22,26)/t12-/m0/s1. The number of aromatic nitrogens is 3. The first-order valence-corrected chi connectivity index (χ1v) is 8.87. The summed E-state index contributed by atoms with van der Waals surface area (Å²) in [4.78, 5) is 16.3. The molecule has 2 aromatic heterocycles. The molecule has 0 saturated heterocycles. The summed E-state index contributed by atoms with van der Waals surface area (Å²) in [5, 5.41) is 20.8. The molecule has 8 nitrogen and oxygen atoms in total. The van der Waals surface area contributed by atoms with Gasteiger partial charge in [0, 0.05) is 17.8 Å². The molecular formula is C20H22N4O4. The summed E-state index contributed by atoms with van der Waals surface area (Å²) in [5.74, 6) is 0.311. The minimum atomic E-state index is -0.579. The molecule has 0 fully saturated rings. The quantitative estimate of drug-likeness (QED) is 0.671. The zero-order chi connectivity index (χ0) is 20.3. The van der Waals surface area contributed by atoms with Crippen LogP contribution in [-0.4, -0.2) is 33.3 Å².